The van der Waals surface area contributed by atoms with Crippen LogP contribution < -0.4 is 10.1 Å². The van der Waals surface area contributed by atoms with Crippen LogP contribution in [0.2, 0.25) is 10.0 Å². The molecule has 0 aliphatic heterocycles. The van der Waals surface area contributed by atoms with Crippen LogP contribution in [0.5, 0.6) is 5.75 Å². The van der Waals surface area contributed by atoms with E-state index >= 15 is 0 Å². The Morgan fingerprint density at radius 1 is 1.12 bits per heavy atom. The van der Waals surface area contributed by atoms with E-state index < -0.39 is 6.10 Å². The average molecular weight is 381 g/mol. The SMILES string of the molecule is CC(Oc1cccc(Cl)c1)C(=O)Nc1ccc(Cl)c(C(=O)N(C)C)c1. The van der Waals surface area contributed by atoms with E-state index in [9.17, 15) is 9.59 Å². The lowest BCUT2D eigenvalue weighted by molar-refractivity contribution is -0.122. The summed E-state index contributed by atoms with van der Waals surface area (Å²) in [7, 11) is 3.26. The molecule has 0 bridgehead atoms. The summed E-state index contributed by atoms with van der Waals surface area (Å²) in [6.07, 6.45) is -0.748. The zero-order chi connectivity index (χ0) is 18.6. The number of benzene rings is 2. The van der Waals surface area contributed by atoms with Crippen molar-refractivity contribution in [2.75, 3.05) is 19.4 Å². The summed E-state index contributed by atoms with van der Waals surface area (Å²) in [6.45, 7) is 1.62. The normalized spacial score (nSPS) is 11.6. The van der Waals surface area contributed by atoms with Crippen LogP contribution in [0.4, 0.5) is 5.69 Å². The van der Waals surface area contributed by atoms with Gasteiger partial charge in [0.15, 0.2) is 6.10 Å². The third-order valence-corrected chi connectivity index (χ3v) is 3.91. The summed E-state index contributed by atoms with van der Waals surface area (Å²) in [5, 5.41) is 3.55. The van der Waals surface area contributed by atoms with Gasteiger partial charge in [-0.3, -0.25) is 9.59 Å². The third-order valence-electron chi connectivity index (χ3n) is 3.35. The van der Waals surface area contributed by atoms with Crippen LogP contribution in [0, 0.1) is 0 Å². The standard InChI is InChI=1S/C18H18Cl2N2O3/c1-11(25-14-6-4-5-12(19)9-14)17(23)21-13-7-8-16(20)15(10-13)18(24)22(2)3/h4-11H,1-3H3,(H,21,23). The lowest BCUT2D eigenvalue weighted by atomic mass is 10.1. The minimum atomic E-state index is -0.748. The van der Waals surface area contributed by atoms with Crippen molar-refractivity contribution in [2.24, 2.45) is 0 Å². The highest BCUT2D eigenvalue weighted by Crippen LogP contribution is 2.23. The highest BCUT2D eigenvalue weighted by atomic mass is 35.5. The van der Waals surface area contributed by atoms with Crippen molar-refractivity contribution in [3.05, 3.63) is 58.1 Å². The Bertz CT molecular complexity index is 794. The number of hydrogen-bond donors (Lipinski definition) is 1. The maximum atomic E-state index is 12.3. The molecule has 132 valence electrons. The summed E-state index contributed by atoms with van der Waals surface area (Å²) in [6, 6.07) is 11.5. The van der Waals surface area contributed by atoms with E-state index in [4.69, 9.17) is 27.9 Å². The summed E-state index contributed by atoms with van der Waals surface area (Å²) >= 11 is 12.0. The molecule has 0 spiro atoms. The number of rotatable bonds is 5. The molecule has 5 nitrogen and oxygen atoms in total. The zero-order valence-electron chi connectivity index (χ0n) is 14.0. The first-order valence-corrected chi connectivity index (χ1v) is 8.28. The molecule has 0 radical (unpaired) electrons. The van der Waals surface area contributed by atoms with Gasteiger partial charge in [0.2, 0.25) is 0 Å². The van der Waals surface area contributed by atoms with E-state index in [0.717, 1.165) is 0 Å². The molecule has 1 unspecified atom stereocenters. The maximum Gasteiger partial charge on any atom is 0.265 e. The van der Waals surface area contributed by atoms with Crippen molar-refractivity contribution in [3.63, 3.8) is 0 Å². The van der Waals surface area contributed by atoms with Gasteiger partial charge in [0.25, 0.3) is 11.8 Å². The Balaban J connectivity index is 2.09. The topological polar surface area (TPSA) is 58.6 Å². The number of nitrogens with zero attached hydrogens (tertiary/aromatic N) is 1. The smallest absolute Gasteiger partial charge is 0.265 e. The van der Waals surface area contributed by atoms with Crippen molar-refractivity contribution >= 4 is 40.7 Å². The number of ether oxygens (including phenoxy) is 1. The van der Waals surface area contributed by atoms with Crippen molar-refractivity contribution in [2.45, 2.75) is 13.0 Å². The van der Waals surface area contributed by atoms with Gasteiger partial charge in [-0.05, 0) is 43.3 Å². The van der Waals surface area contributed by atoms with Crippen LogP contribution >= 0.6 is 23.2 Å². The summed E-state index contributed by atoms with van der Waals surface area (Å²) in [4.78, 5) is 25.8. The second-order valence-corrected chi connectivity index (χ2v) is 6.44. The second kappa shape index (κ2) is 8.23. The zero-order valence-corrected chi connectivity index (χ0v) is 15.6. The Kier molecular flexibility index (Phi) is 6.28. The van der Waals surface area contributed by atoms with Gasteiger partial charge in [-0.1, -0.05) is 29.3 Å². The van der Waals surface area contributed by atoms with Gasteiger partial charge in [0.05, 0.1) is 10.6 Å². The first kappa shape index (κ1) is 19.1. The van der Waals surface area contributed by atoms with E-state index in [2.05, 4.69) is 5.32 Å². The number of halogens is 2. The molecule has 0 aliphatic rings. The van der Waals surface area contributed by atoms with E-state index in [1.54, 1.807) is 57.4 Å². The van der Waals surface area contributed by atoms with Crippen molar-refractivity contribution in [1.82, 2.24) is 4.90 Å². The Hall–Kier alpha value is -2.24. The first-order chi connectivity index (χ1) is 11.8. The molecule has 0 aliphatic carbocycles. The van der Waals surface area contributed by atoms with Gasteiger partial charge in [0, 0.05) is 24.8 Å². The third kappa shape index (κ3) is 5.11. The molecule has 25 heavy (non-hydrogen) atoms. The minimum absolute atomic E-state index is 0.246. The highest BCUT2D eigenvalue weighted by molar-refractivity contribution is 6.34. The molecule has 2 aromatic carbocycles. The van der Waals surface area contributed by atoms with Gasteiger partial charge in [0.1, 0.15) is 5.75 Å². The molecule has 0 saturated heterocycles. The molecule has 2 aromatic rings. The Morgan fingerprint density at radius 2 is 1.84 bits per heavy atom. The average Bonchev–Trinajstić information content (AvgIpc) is 2.55. The number of nitrogens with one attached hydrogen (secondary N) is 1. The molecule has 0 heterocycles. The van der Waals surface area contributed by atoms with E-state index in [0.29, 0.717) is 27.0 Å². The number of carbonyl (C=O) groups excluding carboxylic acids is 2. The van der Waals surface area contributed by atoms with Gasteiger partial charge >= 0.3 is 0 Å². The molecule has 0 saturated carbocycles. The molecule has 0 aromatic heterocycles. The monoisotopic (exact) mass is 380 g/mol. The largest absolute Gasteiger partial charge is 0.481 e. The summed E-state index contributed by atoms with van der Waals surface area (Å²) < 4.78 is 5.57. The Morgan fingerprint density at radius 3 is 2.48 bits per heavy atom. The van der Waals surface area contributed by atoms with Crippen LogP contribution in [0.25, 0.3) is 0 Å². The molecule has 2 amide bonds. The van der Waals surface area contributed by atoms with Gasteiger partial charge < -0.3 is 15.0 Å². The number of anilines is 1. The van der Waals surface area contributed by atoms with Crippen LogP contribution in [0.3, 0.4) is 0 Å². The van der Waals surface area contributed by atoms with Gasteiger partial charge in [-0.25, -0.2) is 0 Å². The lowest BCUT2D eigenvalue weighted by Crippen LogP contribution is -2.30. The number of hydrogen-bond acceptors (Lipinski definition) is 3. The molecule has 7 heteroatoms. The lowest BCUT2D eigenvalue weighted by Gasteiger charge is -2.16. The van der Waals surface area contributed by atoms with Crippen molar-refractivity contribution in [3.8, 4) is 5.75 Å². The van der Waals surface area contributed by atoms with Crippen LogP contribution in [0.15, 0.2) is 42.5 Å². The molecule has 0 fully saturated rings. The maximum absolute atomic E-state index is 12.3. The van der Waals surface area contributed by atoms with Crippen molar-refractivity contribution in [1.29, 1.82) is 0 Å². The number of amides is 2. The van der Waals surface area contributed by atoms with Crippen LogP contribution in [-0.2, 0) is 4.79 Å². The fraction of sp³-hybridized carbons (Fsp3) is 0.222. The van der Waals surface area contributed by atoms with Crippen LogP contribution in [0.1, 0.15) is 17.3 Å². The van der Waals surface area contributed by atoms with E-state index in [1.165, 1.54) is 11.0 Å². The minimum Gasteiger partial charge on any atom is -0.481 e. The Labute approximate surface area is 156 Å². The molecular weight excluding hydrogens is 363 g/mol. The second-order valence-electron chi connectivity index (χ2n) is 5.60. The fourth-order valence-corrected chi connectivity index (χ4v) is 2.43. The summed E-state index contributed by atoms with van der Waals surface area (Å²) in [5.74, 6) is -0.107. The quantitative estimate of drug-likeness (QED) is 0.849. The fourth-order valence-electron chi connectivity index (χ4n) is 2.05. The first-order valence-electron chi connectivity index (χ1n) is 7.52. The van der Waals surface area contributed by atoms with Crippen LogP contribution in [-0.4, -0.2) is 36.9 Å². The molecule has 1 atom stereocenters. The summed E-state index contributed by atoms with van der Waals surface area (Å²) in [5.41, 5.74) is 0.772. The molecule has 1 N–H and O–H groups in total. The van der Waals surface area contributed by atoms with Gasteiger partial charge in [-0.15, -0.1) is 0 Å². The number of carbonyl (C=O) groups is 2. The van der Waals surface area contributed by atoms with Crippen molar-refractivity contribution < 1.29 is 14.3 Å². The van der Waals surface area contributed by atoms with E-state index in [-0.39, 0.29) is 11.8 Å². The van der Waals surface area contributed by atoms with E-state index in [1.807, 2.05) is 0 Å². The van der Waals surface area contributed by atoms with Gasteiger partial charge in [-0.2, -0.15) is 0 Å². The predicted octanol–water partition coefficient (Wildman–Crippen LogP) is 4.10. The molecular formula is C18H18Cl2N2O3. The predicted molar refractivity (Wildman–Crippen MR) is 99.6 cm³/mol. The molecule has 2 rings (SSSR count). The highest BCUT2D eigenvalue weighted by Gasteiger charge is 2.17.